The van der Waals surface area contributed by atoms with E-state index in [0.29, 0.717) is 0 Å². The van der Waals surface area contributed by atoms with E-state index in [1.54, 1.807) is 0 Å². The number of carbonyl (C=O) groups excluding carboxylic acids is 1. The highest BCUT2D eigenvalue weighted by Crippen LogP contribution is 2.23. The van der Waals surface area contributed by atoms with Crippen LogP contribution in [0, 0.1) is 12.8 Å². The van der Waals surface area contributed by atoms with Crippen LogP contribution in [-0.4, -0.2) is 35.7 Å². The molecule has 0 unspecified atom stereocenters. The number of hydrogen-bond acceptors (Lipinski definition) is 4. The first-order chi connectivity index (χ1) is 13.2. The number of nitrogens with one attached hydrogen (secondary N) is 1. The first-order valence-electron chi connectivity index (χ1n) is 10.1. The molecule has 2 heterocycles. The van der Waals surface area contributed by atoms with Crippen LogP contribution in [0.1, 0.15) is 44.6 Å². The largest absolute Gasteiger partial charge is 0.356 e. The van der Waals surface area contributed by atoms with Crippen molar-refractivity contribution in [1.29, 1.82) is 0 Å². The van der Waals surface area contributed by atoms with Crippen molar-refractivity contribution in [3.8, 4) is 11.3 Å². The number of aryl methyl sites for hydroxylation is 1. The third kappa shape index (κ3) is 5.28. The molecule has 1 aromatic heterocycles. The van der Waals surface area contributed by atoms with Crippen LogP contribution in [0.5, 0.6) is 0 Å². The zero-order valence-corrected chi connectivity index (χ0v) is 16.4. The van der Waals surface area contributed by atoms with Gasteiger partial charge in [0.2, 0.25) is 5.91 Å². The lowest BCUT2D eigenvalue weighted by molar-refractivity contribution is -0.125. The Balaban J connectivity index is 1.60. The predicted molar refractivity (Wildman–Crippen MR) is 110 cm³/mol. The van der Waals surface area contributed by atoms with Crippen molar-refractivity contribution in [3.05, 3.63) is 42.0 Å². The smallest absolute Gasteiger partial charge is 0.224 e. The molecular weight excluding hydrogens is 336 g/mol. The molecule has 0 spiro atoms. The fourth-order valence-electron chi connectivity index (χ4n) is 3.58. The second kappa shape index (κ2) is 9.49. The molecule has 0 aliphatic carbocycles. The normalized spacial score (nSPS) is 17.0. The van der Waals surface area contributed by atoms with Gasteiger partial charge in [-0.2, -0.15) is 0 Å². The summed E-state index contributed by atoms with van der Waals surface area (Å²) in [7, 11) is 0. The molecule has 5 nitrogen and oxygen atoms in total. The van der Waals surface area contributed by atoms with E-state index in [0.717, 1.165) is 56.0 Å². The molecule has 1 atom stereocenters. The second-order valence-corrected chi connectivity index (χ2v) is 7.43. The molecule has 0 bridgehead atoms. The molecule has 1 amide bonds. The van der Waals surface area contributed by atoms with Gasteiger partial charge in [-0.25, -0.2) is 0 Å². The third-order valence-electron chi connectivity index (χ3n) is 5.16. The minimum atomic E-state index is 0.0404. The highest BCUT2D eigenvalue weighted by Gasteiger charge is 2.26. The summed E-state index contributed by atoms with van der Waals surface area (Å²) in [6.07, 6.45) is 5.36. The van der Waals surface area contributed by atoms with Crippen LogP contribution in [0.25, 0.3) is 11.3 Å². The van der Waals surface area contributed by atoms with Crippen molar-refractivity contribution >= 4 is 11.7 Å². The first-order valence-corrected chi connectivity index (χ1v) is 10.1. The van der Waals surface area contributed by atoms with Crippen LogP contribution in [0.15, 0.2) is 36.4 Å². The Morgan fingerprint density at radius 3 is 2.85 bits per heavy atom. The van der Waals surface area contributed by atoms with E-state index in [9.17, 15) is 4.79 Å². The third-order valence-corrected chi connectivity index (χ3v) is 5.16. The van der Waals surface area contributed by atoms with Gasteiger partial charge in [0.1, 0.15) is 0 Å². The van der Waals surface area contributed by atoms with Crippen molar-refractivity contribution in [2.24, 2.45) is 5.92 Å². The van der Waals surface area contributed by atoms with Gasteiger partial charge in [-0.3, -0.25) is 4.79 Å². The molecule has 0 saturated carbocycles. The number of unbranched alkanes of at least 4 members (excludes halogenated alkanes) is 2. The Labute approximate surface area is 162 Å². The summed E-state index contributed by atoms with van der Waals surface area (Å²) in [4.78, 5) is 14.6. The number of piperidine rings is 1. The number of aromatic nitrogens is 2. The number of hydrogen-bond donors (Lipinski definition) is 1. The van der Waals surface area contributed by atoms with Gasteiger partial charge in [-0.15, -0.1) is 10.2 Å². The molecule has 144 valence electrons. The summed E-state index contributed by atoms with van der Waals surface area (Å²) in [6.45, 7) is 6.68. The maximum absolute atomic E-state index is 12.4. The predicted octanol–water partition coefficient (Wildman–Crippen LogP) is 3.97. The molecule has 2 aromatic rings. The lowest BCUT2D eigenvalue weighted by Gasteiger charge is -2.32. The molecule has 27 heavy (non-hydrogen) atoms. The molecule has 1 aliphatic heterocycles. The van der Waals surface area contributed by atoms with E-state index < -0.39 is 0 Å². The Morgan fingerprint density at radius 1 is 1.22 bits per heavy atom. The second-order valence-electron chi connectivity index (χ2n) is 7.43. The van der Waals surface area contributed by atoms with Gasteiger partial charge in [-0.05, 0) is 44.4 Å². The zero-order valence-electron chi connectivity index (χ0n) is 16.4. The van der Waals surface area contributed by atoms with Crippen molar-refractivity contribution in [3.63, 3.8) is 0 Å². The summed E-state index contributed by atoms with van der Waals surface area (Å²) in [6, 6.07) is 12.3. The van der Waals surface area contributed by atoms with Gasteiger partial charge in [0.05, 0.1) is 11.6 Å². The van der Waals surface area contributed by atoms with Crippen molar-refractivity contribution < 1.29 is 4.79 Å². The van der Waals surface area contributed by atoms with Crippen LogP contribution >= 0.6 is 0 Å². The zero-order chi connectivity index (χ0) is 19.1. The Bertz CT molecular complexity index is 744. The number of anilines is 1. The standard InChI is InChI=1S/C22H30N4O/c1-3-4-5-13-23-22(27)19-10-7-14-26(16-19)21-12-11-20(24-25-21)18-9-6-8-17(2)15-18/h6,8-9,11-12,15,19H,3-5,7,10,13-14,16H2,1-2H3,(H,23,27)/t19-/m0/s1. The van der Waals surface area contributed by atoms with E-state index in [2.05, 4.69) is 52.5 Å². The summed E-state index contributed by atoms with van der Waals surface area (Å²) in [5.41, 5.74) is 3.17. The van der Waals surface area contributed by atoms with Crippen LogP contribution in [0.2, 0.25) is 0 Å². The number of benzene rings is 1. The van der Waals surface area contributed by atoms with Gasteiger partial charge in [-0.1, -0.05) is 43.5 Å². The van der Waals surface area contributed by atoms with Crippen LogP contribution in [0.4, 0.5) is 5.82 Å². The monoisotopic (exact) mass is 366 g/mol. The Kier molecular flexibility index (Phi) is 6.80. The summed E-state index contributed by atoms with van der Waals surface area (Å²) >= 11 is 0. The summed E-state index contributed by atoms with van der Waals surface area (Å²) < 4.78 is 0. The number of amides is 1. The SMILES string of the molecule is CCCCCNC(=O)[C@H]1CCCN(c2ccc(-c3cccc(C)c3)nn2)C1. The van der Waals surface area contributed by atoms with E-state index in [4.69, 9.17) is 0 Å². The molecule has 1 aromatic carbocycles. The van der Waals surface area contributed by atoms with Gasteiger partial charge < -0.3 is 10.2 Å². The minimum absolute atomic E-state index is 0.0404. The van der Waals surface area contributed by atoms with Crippen LogP contribution < -0.4 is 10.2 Å². The molecule has 1 aliphatic rings. The van der Waals surface area contributed by atoms with Gasteiger partial charge in [0.25, 0.3) is 0 Å². The maximum Gasteiger partial charge on any atom is 0.224 e. The minimum Gasteiger partial charge on any atom is -0.356 e. The molecular formula is C22H30N4O. The lowest BCUT2D eigenvalue weighted by atomic mass is 9.97. The van der Waals surface area contributed by atoms with E-state index in [-0.39, 0.29) is 11.8 Å². The summed E-state index contributed by atoms with van der Waals surface area (Å²) in [5, 5.41) is 11.9. The van der Waals surface area contributed by atoms with E-state index >= 15 is 0 Å². The first kappa shape index (κ1) is 19.3. The van der Waals surface area contributed by atoms with Crippen molar-refractivity contribution in [2.45, 2.75) is 46.0 Å². The van der Waals surface area contributed by atoms with Gasteiger partial charge in [0, 0.05) is 25.2 Å². The molecule has 0 radical (unpaired) electrons. The van der Waals surface area contributed by atoms with Crippen LogP contribution in [-0.2, 0) is 4.79 Å². The van der Waals surface area contributed by atoms with Crippen LogP contribution in [0.3, 0.4) is 0 Å². The van der Waals surface area contributed by atoms with E-state index in [1.165, 1.54) is 18.4 Å². The highest BCUT2D eigenvalue weighted by atomic mass is 16.1. The fourth-order valence-corrected chi connectivity index (χ4v) is 3.58. The fraction of sp³-hybridized carbons (Fsp3) is 0.500. The topological polar surface area (TPSA) is 58.1 Å². The molecule has 1 fully saturated rings. The molecule has 1 saturated heterocycles. The number of nitrogens with zero attached hydrogens (tertiary/aromatic N) is 3. The van der Waals surface area contributed by atoms with Gasteiger partial charge >= 0.3 is 0 Å². The Hall–Kier alpha value is -2.43. The Morgan fingerprint density at radius 2 is 2.11 bits per heavy atom. The average Bonchev–Trinajstić information content (AvgIpc) is 2.71. The maximum atomic E-state index is 12.4. The average molecular weight is 367 g/mol. The van der Waals surface area contributed by atoms with Crippen molar-refractivity contribution in [2.75, 3.05) is 24.5 Å². The van der Waals surface area contributed by atoms with Crippen molar-refractivity contribution in [1.82, 2.24) is 15.5 Å². The molecule has 3 rings (SSSR count). The molecule has 1 N–H and O–H groups in total. The lowest BCUT2D eigenvalue weighted by Crippen LogP contribution is -2.43. The van der Waals surface area contributed by atoms with Gasteiger partial charge in [0.15, 0.2) is 5.82 Å². The number of carbonyl (C=O) groups is 1. The highest BCUT2D eigenvalue weighted by molar-refractivity contribution is 5.79. The quantitative estimate of drug-likeness (QED) is 0.753. The number of rotatable bonds is 7. The van der Waals surface area contributed by atoms with E-state index in [1.807, 2.05) is 18.2 Å². The summed E-state index contributed by atoms with van der Waals surface area (Å²) in [5.74, 6) is 1.08. The molecule has 5 heteroatoms.